The van der Waals surface area contributed by atoms with Crippen molar-refractivity contribution in [3.63, 3.8) is 0 Å². The number of thiophene rings is 1. The summed E-state index contributed by atoms with van der Waals surface area (Å²) in [6.45, 7) is 3.61. The first kappa shape index (κ1) is 17.7. The molecule has 21 heavy (non-hydrogen) atoms. The monoisotopic (exact) mass is 329 g/mol. The lowest BCUT2D eigenvalue weighted by molar-refractivity contribution is -0.141. The average molecular weight is 330 g/mol. The van der Waals surface area contributed by atoms with Crippen LogP contribution < -0.4 is 5.32 Å². The highest BCUT2D eigenvalue weighted by Crippen LogP contribution is 2.22. The van der Waals surface area contributed by atoms with Gasteiger partial charge in [-0.05, 0) is 38.0 Å². The minimum atomic E-state index is -0.774. The summed E-state index contributed by atoms with van der Waals surface area (Å²) in [5, 5.41) is 11.6. The second-order valence-corrected chi connectivity index (χ2v) is 6.80. The zero-order valence-electron chi connectivity index (χ0n) is 12.1. The minimum Gasteiger partial charge on any atom is -0.481 e. The molecule has 0 aliphatic carbocycles. The lowest BCUT2D eigenvalue weighted by Gasteiger charge is -2.13. The normalized spacial score (nSPS) is 14.0. The topological polar surface area (TPSA) is 66.4 Å². The molecule has 0 aliphatic heterocycles. The van der Waals surface area contributed by atoms with Gasteiger partial charge in [-0.2, -0.15) is 0 Å². The molecule has 0 radical (unpaired) electrons. The van der Waals surface area contributed by atoms with E-state index in [9.17, 15) is 9.59 Å². The van der Waals surface area contributed by atoms with Crippen molar-refractivity contribution < 1.29 is 14.7 Å². The van der Waals surface area contributed by atoms with Gasteiger partial charge in [0.2, 0.25) is 5.91 Å². The van der Waals surface area contributed by atoms with Gasteiger partial charge in [0, 0.05) is 17.0 Å². The van der Waals surface area contributed by atoms with Crippen LogP contribution in [-0.4, -0.2) is 23.0 Å². The van der Waals surface area contributed by atoms with Crippen molar-refractivity contribution in [3.05, 3.63) is 27.4 Å². The van der Waals surface area contributed by atoms with Crippen LogP contribution in [0, 0.1) is 5.92 Å². The SMILES string of the molecule is CC(CCCC(C)C(=O)O)NC(=O)C=Cc1ccc(Cl)s1. The highest BCUT2D eigenvalue weighted by Gasteiger charge is 2.11. The van der Waals surface area contributed by atoms with E-state index in [0.717, 1.165) is 17.7 Å². The predicted octanol–water partition coefficient (Wildman–Crippen LogP) is 3.81. The van der Waals surface area contributed by atoms with Gasteiger partial charge in [-0.3, -0.25) is 9.59 Å². The summed E-state index contributed by atoms with van der Waals surface area (Å²) in [4.78, 5) is 23.3. The number of carbonyl (C=O) groups is 2. The molecule has 0 fully saturated rings. The Morgan fingerprint density at radius 1 is 1.38 bits per heavy atom. The van der Waals surface area contributed by atoms with E-state index in [1.54, 1.807) is 19.1 Å². The Labute approximate surface area is 133 Å². The number of hydrogen-bond acceptors (Lipinski definition) is 3. The van der Waals surface area contributed by atoms with E-state index >= 15 is 0 Å². The number of carbonyl (C=O) groups excluding carboxylic acids is 1. The highest BCUT2D eigenvalue weighted by molar-refractivity contribution is 7.17. The van der Waals surface area contributed by atoms with Crippen molar-refractivity contribution in [2.24, 2.45) is 5.92 Å². The van der Waals surface area contributed by atoms with E-state index in [4.69, 9.17) is 16.7 Å². The Bertz CT molecular complexity index is 513. The van der Waals surface area contributed by atoms with Crippen LogP contribution in [-0.2, 0) is 9.59 Å². The van der Waals surface area contributed by atoms with Crippen molar-refractivity contribution in [2.45, 2.75) is 39.2 Å². The van der Waals surface area contributed by atoms with E-state index < -0.39 is 5.97 Å². The lowest BCUT2D eigenvalue weighted by atomic mass is 10.0. The molecule has 1 heterocycles. The van der Waals surface area contributed by atoms with E-state index in [1.165, 1.54) is 17.4 Å². The van der Waals surface area contributed by atoms with Gasteiger partial charge in [0.05, 0.1) is 10.3 Å². The standard InChI is InChI=1S/C15H20ClNO3S/c1-10(15(19)20)4-3-5-11(2)17-14(18)9-7-12-6-8-13(16)21-12/h6-11H,3-5H2,1-2H3,(H,17,18)(H,19,20). The van der Waals surface area contributed by atoms with Gasteiger partial charge >= 0.3 is 5.97 Å². The molecule has 2 atom stereocenters. The molecule has 0 aromatic carbocycles. The fourth-order valence-corrected chi connectivity index (χ4v) is 2.76. The van der Waals surface area contributed by atoms with Crippen molar-refractivity contribution in [3.8, 4) is 0 Å². The maximum absolute atomic E-state index is 11.7. The van der Waals surface area contributed by atoms with Crippen molar-refractivity contribution in [1.82, 2.24) is 5.32 Å². The first-order valence-corrected chi connectivity index (χ1v) is 8.04. The summed E-state index contributed by atoms with van der Waals surface area (Å²) < 4.78 is 0.691. The molecule has 0 saturated heterocycles. The molecular weight excluding hydrogens is 310 g/mol. The number of amides is 1. The smallest absolute Gasteiger partial charge is 0.306 e. The summed E-state index contributed by atoms with van der Waals surface area (Å²) in [6.07, 6.45) is 5.38. The number of carboxylic acids is 1. The van der Waals surface area contributed by atoms with Crippen LogP contribution in [0.2, 0.25) is 4.34 Å². The summed E-state index contributed by atoms with van der Waals surface area (Å²) in [7, 11) is 0. The molecule has 1 aromatic heterocycles. The Kier molecular flexibility index (Phi) is 7.47. The van der Waals surface area contributed by atoms with Crippen LogP contribution in [0.25, 0.3) is 6.08 Å². The Morgan fingerprint density at radius 3 is 2.67 bits per heavy atom. The molecule has 116 valence electrons. The summed E-state index contributed by atoms with van der Waals surface area (Å²) in [6, 6.07) is 3.67. The Balaban J connectivity index is 2.27. The summed E-state index contributed by atoms with van der Waals surface area (Å²) in [5.74, 6) is -1.26. The van der Waals surface area contributed by atoms with Gasteiger partial charge in [-0.1, -0.05) is 24.9 Å². The van der Waals surface area contributed by atoms with E-state index in [2.05, 4.69) is 5.32 Å². The van der Waals surface area contributed by atoms with Crippen LogP contribution in [0.3, 0.4) is 0 Å². The maximum Gasteiger partial charge on any atom is 0.306 e. The Hall–Kier alpha value is -1.33. The zero-order valence-corrected chi connectivity index (χ0v) is 13.7. The molecule has 6 heteroatoms. The van der Waals surface area contributed by atoms with E-state index in [0.29, 0.717) is 10.8 Å². The molecular formula is C15H20ClNO3S. The number of aliphatic carboxylic acids is 1. The van der Waals surface area contributed by atoms with Crippen molar-refractivity contribution in [2.75, 3.05) is 0 Å². The molecule has 4 nitrogen and oxygen atoms in total. The van der Waals surface area contributed by atoms with Gasteiger partial charge in [0.25, 0.3) is 0 Å². The molecule has 0 spiro atoms. The highest BCUT2D eigenvalue weighted by atomic mass is 35.5. The molecule has 0 saturated carbocycles. The van der Waals surface area contributed by atoms with Gasteiger partial charge in [-0.15, -0.1) is 11.3 Å². The van der Waals surface area contributed by atoms with Crippen molar-refractivity contribution in [1.29, 1.82) is 0 Å². The molecule has 2 unspecified atom stereocenters. The summed E-state index contributed by atoms with van der Waals surface area (Å²) in [5.41, 5.74) is 0. The first-order valence-electron chi connectivity index (χ1n) is 6.85. The lowest BCUT2D eigenvalue weighted by Crippen LogP contribution is -2.31. The predicted molar refractivity (Wildman–Crippen MR) is 86.6 cm³/mol. The molecule has 2 N–H and O–H groups in total. The molecule has 0 aliphatic rings. The van der Waals surface area contributed by atoms with Crippen molar-refractivity contribution >= 4 is 40.9 Å². The van der Waals surface area contributed by atoms with Crippen LogP contribution in [0.1, 0.15) is 38.0 Å². The third-order valence-corrected chi connectivity index (χ3v) is 4.27. The van der Waals surface area contributed by atoms with Gasteiger partial charge in [-0.25, -0.2) is 0 Å². The number of rotatable bonds is 8. The fraction of sp³-hybridized carbons (Fsp3) is 0.467. The fourth-order valence-electron chi connectivity index (χ4n) is 1.79. The zero-order chi connectivity index (χ0) is 15.8. The first-order chi connectivity index (χ1) is 9.88. The number of nitrogens with one attached hydrogen (secondary N) is 1. The third-order valence-electron chi connectivity index (χ3n) is 3.08. The molecule has 1 amide bonds. The van der Waals surface area contributed by atoms with Crippen LogP contribution >= 0.6 is 22.9 Å². The molecule has 1 aromatic rings. The second kappa shape index (κ2) is 8.85. The maximum atomic E-state index is 11.7. The third kappa shape index (κ3) is 7.29. The molecule has 1 rings (SSSR count). The minimum absolute atomic E-state index is 0.0232. The largest absolute Gasteiger partial charge is 0.481 e. The average Bonchev–Trinajstić information content (AvgIpc) is 2.82. The quantitative estimate of drug-likeness (QED) is 0.713. The van der Waals surface area contributed by atoms with Crippen LogP contribution in [0.15, 0.2) is 18.2 Å². The second-order valence-electron chi connectivity index (χ2n) is 5.06. The van der Waals surface area contributed by atoms with Gasteiger partial charge in [0.1, 0.15) is 0 Å². The number of halogens is 1. The van der Waals surface area contributed by atoms with E-state index in [1.807, 2.05) is 13.0 Å². The number of carboxylic acid groups (broad SMARTS) is 1. The molecule has 0 bridgehead atoms. The Morgan fingerprint density at radius 2 is 2.10 bits per heavy atom. The van der Waals surface area contributed by atoms with Crippen LogP contribution in [0.4, 0.5) is 0 Å². The van der Waals surface area contributed by atoms with Gasteiger partial charge < -0.3 is 10.4 Å². The van der Waals surface area contributed by atoms with Gasteiger partial charge in [0.15, 0.2) is 0 Å². The van der Waals surface area contributed by atoms with Crippen LogP contribution in [0.5, 0.6) is 0 Å². The van der Waals surface area contributed by atoms with E-state index in [-0.39, 0.29) is 17.9 Å². The summed E-state index contributed by atoms with van der Waals surface area (Å²) >= 11 is 7.22. The number of hydrogen-bond donors (Lipinski definition) is 2.